The van der Waals surface area contributed by atoms with Gasteiger partial charge in [0, 0.05) is 23.2 Å². The zero-order valence-corrected chi connectivity index (χ0v) is 18.7. The monoisotopic (exact) mass is 502 g/mol. The molecular formula is C24H21F3N4O5. The molecule has 5 N–H and O–H groups in total. The van der Waals surface area contributed by atoms with E-state index in [4.69, 9.17) is 20.9 Å². The van der Waals surface area contributed by atoms with Crippen LogP contribution in [-0.2, 0) is 24.2 Å². The highest BCUT2D eigenvalue weighted by atomic mass is 19.4. The molecule has 1 aromatic heterocycles. The fourth-order valence-electron chi connectivity index (χ4n) is 3.90. The summed E-state index contributed by atoms with van der Waals surface area (Å²) in [4.78, 5) is 20.8. The van der Waals surface area contributed by atoms with Gasteiger partial charge in [0.05, 0.1) is 17.3 Å². The van der Waals surface area contributed by atoms with Crippen molar-refractivity contribution in [2.24, 2.45) is 5.73 Å². The summed E-state index contributed by atoms with van der Waals surface area (Å²) in [6, 6.07) is 12.7. The standard InChI is InChI=1S/C22H20N4O3.C2HF3O2/c23-7-2-8-26-21(22(28)29)16-6-5-15-10-19(27)17(11-18(15)20(16)25-26)14-4-1-3-13(9-14)12-24;3-2(4,5)1(6)7/h1,3-4,9-11,27H,2,5-8,23H2,(H,28,29);(H,6,7). The summed E-state index contributed by atoms with van der Waals surface area (Å²) in [5.41, 5.74) is 10.7. The van der Waals surface area contributed by atoms with Gasteiger partial charge >= 0.3 is 18.1 Å². The molecule has 0 amide bonds. The smallest absolute Gasteiger partial charge is 0.490 e. The Morgan fingerprint density at radius 1 is 1.14 bits per heavy atom. The summed E-state index contributed by atoms with van der Waals surface area (Å²) in [5.74, 6) is -3.63. The first-order valence-corrected chi connectivity index (χ1v) is 10.7. The Balaban J connectivity index is 0.000000454. The number of nitrogens with zero attached hydrogens (tertiary/aromatic N) is 3. The fourth-order valence-corrected chi connectivity index (χ4v) is 3.90. The molecule has 9 nitrogen and oxygen atoms in total. The summed E-state index contributed by atoms with van der Waals surface area (Å²) in [7, 11) is 0. The van der Waals surface area contributed by atoms with Gasteiger partial charge in [-0.25, -0.2) is 9.59 Å². The number of fused-ring (bicyclic) bond motifs is 3. The Kier molecular flexibility index (Phi) is 7.65. The average molecular weight is 502 g/mol. The van der Waals surface area contributed by atoms with Crippen LogP contribution in [0.15, 0.2) is 36.4 Å². The fraction of sp³-hybridized carbons (Fsp3) is 0.250. The number of carboxylic acid groups (broad SMARTS) is 2. The van der Waals surface area contributed by atoms with Gasteiger partial charge in [0.1, 0.15) is 11.4 Å². The summed E-state index contributed by atoms with van der Waals surface area (Å²) >= 11 is 0. The van der Waals surface area contributed by atoms with E-state index in [0.717, 1.165) is 16.7 Å². The normalized spacial score (nSPS) is 12.0. The van der Waals surface area contributed by atoms with Crippen molar-refractivity contribution < 1.29 is 38.1 Å². The van der Waals surface area contributed by atoms with Crippen LogP contribution >= 0.6 is 0 Å². The molecule has 0 atom stereocenters. The van der Waals surface area contributed by atoms with Crippen molar-refractivity contribution in [3.05, 3.63) is 58.8 Å². The molecule has 0 spiro atoms. The second-order valence-electron chi connectivity index (χ2n) is 7.87. The van der Waals surface area contributed by atoms with Crippen LogP contribution in [-0.4, -0.2) is 49.8 Å². The van der Waals surface area contributed by atoms with Crippen molar-refractivity contribution in [2.45, 2.75) is 32.0 Å². The molecule has 3 aromatic rings. The number of phenols is 1. The molecule has 0 radical (unpaired) electrons. The summed E-state index contributed by atoms with van der Waals surface area (Å²) in [5, 5.41) is 41.2. The Morgan fingerprint density at radius 2 is 1.83 bits per heavy atom. The van der Waals surface area contributed by atoms with E-state index in [-0.39, 0.29) is 11.4 Å². The van der Waals surface area contributed by atoms with Gasteiger partial charge in [-0.15, -0.1) is 0 Å². The van der Waals surface area contributed by atoms with Crippen LogP contribution in [0.25, 0.3) is 22.4 Å². The SMILES string of the molecule is N#Cc1cccc(-c2cc3c(cc2O)CCc2c-3nn(CCCN)c2C(=O)O)c1.O=C(O)C(F)(F)F. The second kappa shape index (κ2) is 10.5. The van der Waals surface area contributed by atoms with E-state index < -0.39 is 18.1 Å². The first-order chi connectivity index (χ1) is 17.0. The number of alkyl halides is 3. The molecule has 0 saturated heterocycles. The second-order valence-corrected chi connectivity index (χ2v) is 7.87. The Labute approximate surface area is 202 Å². The minimum Gasteiger partial charge on any atom is -0.507 e. The molecule has 4 rings (SSSR count). The predicted octanol–water partition coefficient (Wildman–Crippen LogP) is 3.57. The summed E-state index contributed by atoms with van der Waals surface area (Å²) < 4.78 is 33.3. The summed E-state index contributed by atoms with van der Waals surface area (Å²) in [6.07, 6.45) is -3.28. The number of benzene rings is 2. The number of nitriles is 1. The predicted molar refractivity (Wildman–Crippen MR) is 121 cm³/mol. The lowest BCUT2D eigenvalue weighted by atomic mass is 9.86. The van der Waals surface area contributed by atoms with Crippen LogP contribution in [0.5, 0.6) is 5.75 Å². The Hall–Kier alpha value is -4.37. The van der Waals surface area contributed by atoms with Crippen molar-refractivity contribution in [1.29, 1.82) is 5.26 Å². The molecular weight excluding hydrogens is 481 g/mol. The van der Waals surface area contributed by atoms with Crippen molar-refractivity contribution in [2.75, 3.05) is 6.54 Å². The molecule has 36 heavy (non-hydrogen) atoms. The largest absolute Gasteiger partial charge is 0.507 e. The van der Waals surface area contributed by atoms with Crippen LogP contribution in [0.3, 0.4) is 0 Å². The maximum absolute atomic E-state index is 11.9. The third kappa shape index (κ3) is 5.47. The van der Waals surface area contributed by atoms with Crippen LogP contribution in [0, 0.1) is 11.3 Å². The highest BCUT2D eigenvalue weighted by Crippen LogP contribution is 2.41. The highest BCUT2D eigenvalue weighted by Gasteiger charge is 2.38. The topological polar surface area (TPSA) is 162 Å². The number of hydrogen-bond donors (Lipinski definition) is 4. The number of aromatic nitrogens is 2. The van der Waals surface area contributed by atoms with Gasteiger partial charge in [0.2, 0.25) is 0 Å². The van der Waals surface area contributed by atoms with Crippen LogP contribution in [0.4, 0.5) is 13.2 Å². The first kappa shape index (κ1) is 26.2. The zero-order chi connectivity index (χ0) is 26.6. The molecule has 0 fully saturated rings. The number of carbonyl (C=O) groups is 2. The number of phenolic OH excluding ortho intramolecular Hbond substituents is 1. The van der Waals surface area contributed by atoms with Crippen molar-refractivity contribution in [3.63, 3.8) is 0 Å². The van der Waals surface area contributed by atoms with Gasteiger partial charge in [-0.3, -0.25) is 4.68 Å². The molecule has 0 aliphatic heterocycles. The molecule has 0 saturated carbocycles. The number of aromatic hydroxyl groups is 1. The van der Waals surface area contributed by atoms with E-state index in [9.17, 15) is 28.2 Å². The number of aromatic carboxylic acids is 1. The molecule has 1 aliphatic rings. The number of hydrogen-bond acceptors (Lipinski definition) is 6. The molecule has 12 heteroatoms. The number of aryl methyl sites for hydroxylation is 2. The van der Waals surface area contributed by atoms with E-state index >= 15 is 0 Å². The van der Waals surface area contributed by atoms with Gasteiger partial charge in [-0.2, -0.15) is 23.5 Å². The van der Waals surface area contributed by atoms with Crippen molar-refractivity contribution in [1.82, 2.24) is 9.78 Å². The Bertz CT molecular complexity index is 1360. The number of aliphatic carboxylic acids is 1. The van der Waals surface area contributed by atoms with E-state index in [1.165, 1.54) is 4.68 Å². The van der Waals surface area contributed by atoms with Gasteiger partial charge < -0.3 is 21.1 Å². The zero-order valence-electron chi connectivity index (χ0n) is 18.7. The Morgan fingerprint density at radius 3 is 2.42 bits per heavy atom. The molecule has 1 heterocycles. The maximum atomic E-state index is 11.9. The lowest BCUT2D eigenvalue weighted by molar-refractivity contribution is -0.192. The molecule has 2 aromatic carbocycles. The third-order valence-corrected chi connectivity index (χ3v) is 5.49. The lowest BCUT2D eigenvalue weighted by Gasteiger charge is -2.18. The molecule has 188 valence electrons. The van der Waals surface area contributed by atoms with E-state index in [0.29, 0.717) is 54.7 Å². The third-order valence-electron chi connectivity index (χ3n) is 5.49. The maximum Gasteiger partial charge on any atom is 0.490 e. The van der Waals surface area contributed by atoms with Gasteiger partial charge in [-0.05, 0) is 61.2 Å². The van der Waals surface area contributed by atoms with E-state index in [1.807, 2.05) is 12.1 Å². The van der Waals surface area contributed by atoms with Gasteiger partial charge in [0.25, 0.3) is 0 Å². The number of rotatable bonds is 5. The minimum atomic E-state index is -5.08. The van der Waals surface area contributed by atoms with Gasteiger partial charge in [0.15, 0.2) is 0 Å². The average Bonchev–Trinajstić information content (AvgIpc) is 3.21. The summed E-state index contributed by atoms with van der Waals surface area (Å²) in [6.45, 7) is 0.892. The molecule has 0 bridgehead atoms. The lowest BCUT2D eigenvalue weighted by Crippen LogP contribution is -2.21. The van der Waals surface area contributed by atoms with Crippen LogP contribution in [0.1, 0.15) is 33.6 Å². The number of nitrogens with two attached hydrogens (primary N) is 1. The van der Waals surface area contributed by atoms with E-state index in [2.05, 4.69) is 11.2 Å². The van der Waals surface area contributed by atoms with Crippen molar-refractivity contribution in [3.8, 4) is 34.2 Å². The first-order valence-electron chi connectivity index (χ1n) is 10.7. The molecule has 0 unspecified atom stereocenters. The van der Waals surface area contributed by atoms with Crippen molar-refractivity contribution >= 4 is 11.9 Å². The van der Waals surface area contributed by atoms with Crippen LogP contribution < -0.4 is 5.73 Å². The highest BCUT2D eigenvalue weighted by molar-refractivity contribution is 5.91. The minimum absolute atomic E-state index is 0.128. The quantitative estimate of drug-likeness (QED) is 0.411. The molecule has 1 aliphatic carbocycles. The van der Waals surface area contributed by atoms with Crippen LogP contribution in [0.2, 0.25) is 0 Å². The number of halogens is 3. The number of carboxylic acids is 2. The van der Waals surface area contributed by atoms with E-state index in [1.54, 1.807) is 24.3 Å². The van der Waals surface area contributed by atoms with Gasteiger partial charge in [-0.1, -0.05) is 12.1 Å².